The van der Waals surface area contributed by atoms with E-state index in [1.165, 1.54) is 0 Å². The van der Waals surface area contributed by atoms with E-state index in [0.29, 0.717) is 12.4 Å². The zero-order chi connectivity index (χ0) is 16.1. The first-order valence-corrected chi connectivity index (χ1v) is 9.50. The standard InChI is InChI=1S/C15H22ClO4P/c1-12(14(17)19-11-15(2,3)4)10-21(16,18)20-13-8-6-5-7-9-13/h5-9,12H,10-11H2,1-4H3/t12-,21?/m1/s1. The van der Waals surface area contributed by atoms with Crippen molar-refractivity contribution in [3.05, 3.63) is 30.3 Å². The van der Waals surface area contributed by atoms with Crippen LogP contribution < -0.4 is 4.52 Å². The van der Waals surface area contributed by atoms with Gasteiger partial charge in [-0.1, -0.05) is 45.9 Å². The Hall–Kier alpha value is -0.990. The van der Waals surface area contributed by atoms with Gasteiger partial charge in [-0.05, 0) is 28.8 Å². The van der Waals surface area contributed by atoms with Crippen LogP contribution in [0.3, 0.4) is 0 Å². The highest BCUT2D eigenvalue weighted by Crippen LogP contribution is 2.53. The summed E-state index contributed by atoms with van der Waals surface area (Å²) in [6, 6.07) is 8.66. The van der Waals surface area contributed by atoms with Gasteiger partial charge < -0.3 is 9.26 Å². The zero-order valence-electron chi connectivity index (χ0n) is 12.8. The summed E-state index contributed by atoms with van der Waals surface area (Å²) >= 11 is 5.93. The van der Waals surface area contributed by atoms with Gasteiger partial charge in [0.25, 0.3) is 0 Å². The third-order valence-corrected chi connectivity index (χ3v) is 4.62. The third kappa shape index (κ3) is 7.54. The van der Waals surface area contributed by atoms with Gasteiger partial charge in [-0.25, -0.2) is 0 Å². The van der Waals surface area contributed by atoms with Crippen LogP contribution in [0.15, 0.2) is 30.3 Å². The fourth-order valence-electron chi connectivity index (χ4n) is 1.51. The summed E-state index contributed by atoms with van der Waals surface area (Å²) in [7, 11) is 0. The molecule has 1 aromatic rings. The maximum absolute atomic E-state index is 12.2. The fraction of sp³-hybridized carbons (Fsp3) is 0.533. The van der Waals surface area contributed by atoms with E-state index in [2.05, 4.69) is 0 Å². The average Bonchev–Trinajstić information content (AvgIpc) is 2.35. The van der Waals surface area contributed by atoms with Crippen molar-refractivity contribution >= 4 is 23.9 Å². The van der Waals surface area contributed by atoms with Crippen LogP contribution in [-0.2, 0) is 14.1 Å². The largest absolute Gasteiger partial charge is 0.465 e. The number of hydrogen-bond donors (Lipinski definition) is 0. The van der Waals surface area contributed by atoms with Gasteiger partial charge in [-0.2, -0.15) is 0 Å². The van der Waals surface area contributed by atoms with Gasteiger partial charge in [-0.15, -0.1) is 0 Å². The Labute approximate surface area is 131 Å². The van der Waals surface area contributed by atoms with Crippen molar-refractivity contribution in [1.29, 1.82) is 0 Å². The number of para-hydroxylation sites is 1. The van der Waals surface area contributed by atoms with Crippen LogP contribution in [0, 0.1) is 11.3 Å². The van der Waals surface area contributed by atoms with Crippen molar-refractivity contribution in [2.45, 2.75) is 27.7 Å². The highest BCUT2D eigenvalue weighted by molar-refractivity contribution is 7.85. The summed E-state index contributed by atoms with van der Waals surface area (Å²) in [5.74, 6) is -0.576. The maximum Gasteiger partial charge on any atom is 0.337 e. The molecule has 0 radical (unpaired) electrons. The van der Waals surface area contributed by atoms with Crippen LogP contribution in [0.2, 0.25) is 0 Å². The highest BCUT2D eigenvalue weighted by Gasteiger charge is 2.29. The monoisotopic (exact) mass is 332 g/mol. The van der Waals surface area contributed by atoms with E-state index in [0.717, 1.165) is 0 Å². The number of ether oxygens (including phenoxy) is 1. The molecule has 0 N–H and O–H groups in total. The summed E-state index contributed by atoms with van der Waals surface area (Å²) in [6.07, 6.45) is -0.0631. The molecule has 0 spiro atoms. The summed E-state index contributed by atoms with van der Waals surface area (Å²) < 4.78 is 22.7. The second-order valence-corrected chi connectivity index (χ2v) is 9.52. The van der Waals surface area contributed by atoms with Gasteiger partial charge in [0, 0.05) is 0 Å². The van der Waals surface area contributed by atoms with E-state index >= 15 is 0 Å². The molecule has 2 atom stereocenters. The van der Waals surface area contributed by atoms with Crippen molar-refractivity contribution in [3.8, 4) is 5.75 Å². The molecule has 0 bridgehead atoms. The first-order chi connectivity index (χ1) is 9.59. The molecule has 1 aromatic carbocycles. The van der Waals surface area contributed by atoms with E-state index in [9.17, 15) is 9.36 Å². The van der Waals surface area contributed by atoms with Crippen LogP contribution in [0.5, 0.6) is 5.75 Å². The molecule has 0 heterocycles. The molecule has 118 valence electrons. The van der Waals surface area contributed by atoms with E-state index in [4.69, 9.17) is 20.5 Å². The minimum Gasteiger partial charge on any atom is -0.465 e. The van der Waals surface area contributed by atoms with E-state index in [-0.39, 0.29) is 11.6 Å². The predicted molar refractivity (Wildman–Crippen MR) is 85.0 cm³/mol. The normalized spacial score (nSPS) is 15.9. The highest BCUT2D eigenvalue weighted by atomic mass is 35.7. The number of rotatable bonds is 6. The summed E-state index contributed by atoms with van der Waals surface area (Å²) in [4.78, 5) is 11.9. The number of carbonyl (C=O) groups excluding carboxylic acids is 1. The van der Waals surface area contributed by atoms with Gasteiger partial charge in [-0.3, -0.25) is 9.36 Å². The van der Waals surface area contributed by atoms with Gasteiger partial charge >= 0.3 is 12.7 Å². The second kappa shape index (κ2) is 7.33. The van der Waals surface area contributed by atoms with Gasteiger partial charge in [0.05, 0.1) is 18.7 Å². The lowest BCUT2D eigenvalue weighted by Gasteiger charge is -2.21. The first kappa shape index (κ1) is 18.1. The smallest absolute Gasteiger partial charge is 0.337 e. The Morgan fingerprint density at radius 3 is 2.38 bits per heavy atom. The van der Waals surface area contributed by atoms with Crippen LogP contribution in [0.25, 0.3) is 0 Å². The van der Waals surface area contributed by atoms with Gasteiger partial charge in [0.1, 0.15) is 5.75 Å². The first-order valence-electron chi connectivity index (χ1n) is 6.79. The van der Waals surface area contributed by atoms with Crippen LogP contribution in [0.1, 0.15) is 27.7 Å². The van der Waals surface area contributed by atoms with Crippen molar-refractivity contribution in [1.82, 2.24) is 0 Å². The molecule has 1 rings (SSSR count). The Morgan fingerprint density at radius 1 is 1.29 bits per heavy atom. The van der Waals surface area contributed by atoms with Crippen molar-refractivity contribution in [3.63, 3.8) is 0 Å². The predicted octanol–water partition coefficient (Wildman–Crippen LogP) is 4.72. The minimum atomic E-state index is -3.42. The number of esters is 1. The molecular weight excluding hydrogens is 311 g/mol. The van der Waals surface area contributed by atoms with Crippen LogP contribution in [0.4, 0.5) is 0 Å². The maximum atomic E-state index is 12.2. The molecule has 0 saturated heterocycles. The van der Waals surface area contributed by atoms with E-state index in [1.807, 2.05) is 26.8 Å². The Morgan fingerprint density at radius 2 is 1.86 bits per heavy atom. The lowest BCUT2D eigenvalue weighted by molar-refractivity contribution is -0.149. The summed E-state index contributed by atoms with van der Waals surface area (Å²) in [6.45, 7) is 4.43. The zero-order valence-corrected chi connectivity index (χ0v) is 14.5. The molecule has 0 aliphatic heterocycles. The van der Waals surface area contributed by atoms with Crippen LogP contribution >= 0.6 is 18.0 Å². The van der Waals surface area contributed by atoms with Crippen molar-refractivity contribution in [2.75, 3.05) is 12.8 Å². The summed E-state index contributed by atoms with van der Waals surface area (Å²) in [5, 5.41) is 0. The number of benzene rings is 1. The van der Waals surface area contributed by atoms with Crippen molar-refractivity contribution < 1.29 is 18.6 Å². The minimum absolute atomic E-state index is 0.0631. The fourth-order valence-corrected chi connectivity index (χ4v) is 3.68. The lowest BCUT2D eigenvalue weighted by Crippen LogP contribution is -2.24. The van der Waals surface area contributed by atoms with Crippen LogP contribution in [-0.4, -0.2) is 18.7 Å². The molecule has 0 aliphatic rings. The molecule has 1 unspecified atom stereocenters. The molecule has 0 aromatic heterocycles. The Balaban J connectivity index is 2.54. The topological polar surface area (TPSA) is 52.6 Å². The van der Waals surface area contributed by atoms with E-state index < -0.39 is 18.6 Å². The molecule has 0 aliphatic carbocycles. The Bertz CT molecular complexity index is 510. The molecule has 0 saturated carbocycles. The van der Waals surface area contributed by atoms with Crippen molar-refractivity contribution in [2.24, 2.45) is 11.3 Å². The average molecular weight is 333 g/mol. The molecule has 4 nitrogen and oxygen atoms in total. The molecule has 0 amide bonds. The quantitative estimate of drug-likeness (QED) is 0.558. The number of halogens is 1. The summed E-state index contributed by atoms with van der Waals surface area (Å²) in [5.41, 5.74) is -0.111. The molecule has 0 fully saturated rings. The SMILES string of the molecule is C[C@H](CP(=O)(Cl)Oc1ccccc1)C(=O)OCC(C)(C)C. The molecular formula is C15H22ClO4P. The van der Waals surface area contributed by atoms with Gasteiger partial charge in [0.2, 0.25) is 0 Å². The van der Waals surface area contributed by atoms with E-state index in [1.54, 1.807) is 31.2 Å². The Kier molecular flexibility index (Phi) is 6.30. The second-order valence-electron chi connectivity index (χ2n) is 6.25. The third-order valence-electron chi connectivity index (χ3n) is 2.53. The number of hydrogen-bond acceptors (Lipinski definition) is 4. The van der Waals surface area contributed by atoms with Gasteiger partial charge in [0.15, 0.2) is 0 Å². The lowest BCUT2D eigenvalue weighted by atomic mass is 9.99. The molecule has 6 heteroatoms. The number of carbonyl (C=O) groups is 1. The molecule has 21 heavy (non-hydrogen) atoms.